The van der Waals surface area contributed by atoms with Gasteiger partial charge in [0, 0.05) is 18.0 Å². The van der Waals surface area contributed by atoms with E-state index < -0.39 is 0 Å². The molecule has 0 unspecified atom stereocenters. The Bertz CT molecular complexity index is 149. The topological polar surface area (TPSA) is 41.5 Å². The Kier molecular flexibility index (Phi) is 1.42. The minimum absolute atomic E-state index is 0.581. The summed E-state index contributed by atoms with van der Waals surface area (Å²) in [6.45, 7) is 0.581. The van der Waals surface area contributed by atoms with Crippen LogP contribution >= 0.6 is 0 Å². The van der Waals surface area contributed by atoms with E-state index in [1.807, 2.05) is 0 Å². The van der Waals surface area contributed by atoms with Gasteiger partial charge in [-0.1, -0.05) is 0 Å². The van der Waals surface area contributed by atoms with E-state index in [9.17, 15) is 4.79 Å². The molecule has 0 amide bonds. The van der Waals surface area contributed by atoms with Crippen LogP contribution in [0.15, 0.2) is 16.8 Å². The summed E-state index contributed by atoms with van der Waals surface area (Å²) in [6, 6.07) is 0. The van der Waals surface area contributed by atoms with Gasteiger partial charge in [0.05, 0.1) is 0 Å². The molecule has 0 atom stereocenters. The number of carbonyl (C=O) groups excluding carboxylic acids is 1. The number of hydrogen-bond acceptors (Lipinski definition) is 3. The average Bonchev–Trinajstić information content (AvgIpc) is 1.90. The number of allylic oxidation sites excluding steroid dienone is 1. The second-order valence-corrected chi connectivity index (χ2v) is 1.44. The summed E-state index contributed by atoms with van der Waals surface area (Å²) in [5, 5.41) is 2.79. The van der Waals surface area contributed by atoms with Gasteiger partial charge in [-0.3, -0.25) is 9.79 Å². The summed E-state index contributed by atoms with van der Waals surface area (Å²) in [6.07, 6.45) is 3.94. The largest absolute Gasteiger partial charge is 0.372 e. The fraction of sp³-hybridized carbons (Fsp3) is 0.200. The molecule has 8 heavy (non-hydrogen) atoms. The molecule has 0 fully saturated rings. The van der Waals surface area contributed by atoms with Crippen LogP contribution in [0.1, 0.15) is 0 Å². The van der Waals surface area contributed by atoms with Crippen molar-refractivity contribution in [2.75, 3.05) is 6.67 Å². The Balaban J connectivity index is 2.64. The lowest BCUT2D eigenvalue weighted by Gasteiger charge is -1.99. The quantitative estimate of drug-likeness (QED) is 0.471. The number of aldehydes is 1. The van der Waals surface area contributed by atoms with E-state index in [2.05, 4.69) is 10.3 Å². The van der Waals surface area contributed by atoms with Crippen molar-refractivity contribution in [2.45, 2.75) is 0 Å². The third kappa shape index (κ3) is 0.932. The highest BCUT2D eigenvalue weighted by Gasteiger charge is 1.91. The van der Waals surface area contributed by atoms with Gasteiger partial charge in [0.2, 0.25) is 0 Å². The molecule has 1 aliphatic heterocycles. The van der Waals surface area contributed by atoms with Gasteiger partial charge in [0.1, 0.15) is 6.67 Å². The highest BCUT2D eigenvalue weighted by molar-refractivity contribution is 6.01. The Morgan fingerprint density at radius 1 is 1.88 bits per heavy atom. The number of carbonyl (C=O) groups is 1. The highest BCUT2D eigenvalue weighted by Crippen LogP contribution is 1.85. The smallest absolute Gasteiger partial charge is 0.153 e. The minimum atomic E-state index is 0.581. The van der Waals surface area contributed by atoms with E-state index in [-0.39, 0.29) is 0 Å². The number of rotatable bonds is 1. The monoisotopic (exact) mass is 110 g/mol. The summed E-state index contributed by atoms with van der Waals surface area (Å²) < 4.78 is 0. The molecule has 0 aromatic rings. The zero-order chi connectivity index (χ0) is 5.82. The van der Waals surface area contributed by atoms with Crippen LogP contribution in [0.5, 0.6) is 0 Å². The molecule has 1 N–H and O–H groups in total. The zero-order valence-electron chi connectivity index (χ0n) is 4.29. The van der Waals surface area contributed by atoms with Gasteiger partial charge < -0.3 is 5.32 Å². The molecule has 3 nitrogen and oxygen atoms in total. The summed E-state index contributed by atoms with van der Waals surface area (Å²) in [5.41, 5.74) is 0.594. The van der Waals surface area contributed by atoms with Crippen LogP contribution in [0.4, 0.5) is 0 Å². The normalized spacial score (nSPS) is 16.8. The first-order valence-electron chi connectivity index (χ1n) is 2.32. The van der Waals surface area contributed by atoms with Crippen LogP contribution in [0, 0.1) is 0 Å². The van der Waals surface area contributed by atoms with Crippen LogP contribution in [0.3, 0.4) is 0 Å². The van der Waals surface area contributed by atoms with Gasteiger partial charge in [0.15, 0.2) is 6.29 Å². The fourth-order valence-corrected chi connectivity index (χ4v) is 0.469. The lowest BCUT2D eigenvalue weighted by molar-refractivity contribution is -0.104. The second kappa shape index (κ2) is 2.26. The molecule has 0 aromatic heterocycles. The number of nitrogens with zero attached hydrogens (tertiary/aromatic N) is 1. The molecule has 1 heterocycles. The van der Waals surface area contributed by atoms with Crippen molar-refractivity contribution < 1.29 is 4.79 Å². The Hall–Kier alpha value is -1.12. The van der Waals surface area contributed by atoms with Gasteiger partial charge in [-0.25, -0.2) is 0 Å². The third-order valence-electron chi connectivity index (χ3n) is 0.828. The van der Waals surface area contributed by atoms with Gasteiger partial charge in [-0.2, -0.15) is 0 Å². The molecule has 0 saturated carbocycles. The van der Waals surface area contributed by atoms with Crippen molar-refractivity contribution in [3.8, 4) is 0 Å². The SMILES string of the molecule is O=CC1=CNCN=C1. The van der Waals surface area contributed by atoms with Gasteiger partial charge in [0.25, 0.3) is 0 Å². The third-order valence-corrected chi connectivity index (χ3v) is 0.828. The van der Waals surface area contributed by atoms with E-state index in [1.165, 1.54) is 0 Å². The molecule has 42 valence electrons. The van der Waals surface area contributed by atoms with E-state index >= 15 is 0 Å². The highest BCUT2D eigenvalue weighted by atomic mass is 16.1. The molecule has 3 heteroatoms. The van der Waals surface area contributed by atoms with Crippen LogP contribution in [0.2, 0.25) is 0 Å². The van der Waals surface area contributed by atoms with E-state index in [0.717, 1.165) is 6.29 Å². The molecular formula is C5H6N2O. The van der Waals surface area contributed by atoms with Crippen molar-refractivity contribution in [1.82, 2.24) is 5.32 Å². The van der Waals surface area contributed by atoms with Gasteiger partial charge >= 0.3 is 0 Å². The molecule has 0 aromatic carbocycles. The van der Waals surface area contributed by atoms with Crippen molar-refractivity contribution in [1.29, 1.82) is 0 Å². The fourth-order valence-electron chi connectivity index (χ4n) is 0.469. The lowest BCUT2D eigenvalue weighted by Crippen LogP contribution is -2.11. The maximum absolute atomic E-state index is 9.96. The molecule has 0 bridgehead atoms. The molecule has 0 saturated heterocycles. The molecule has 1 aliphatic rings. The first kappa shape index (κ1) is 5.03. The van der Waals surface area contributed by atoms with E-state index in [1.54, 1.807) is 12.4 Å². The summed E-state index contributed by atoms with van der Waals surface area (Å²) in [4.78, 5) is 13.8. The maximum atomic E-state index is 9.96. The Morgan fingerprint density at radius 2 is 2.75 bits per heavy atom. The predicted octanol–water partition coefficient (Wildman–Crippen LogP) is -0.299. The van der Waals surface area contributed by atoms with E-state index in [0.29, 0.717) is 12.2 Å². The van der Waals surface area contributed by atoms with Crippen LogP contribution in [-0.2, 0) is 4.79 Å². The maximum Gasteiger partial charge on any atom is 0.153 e. The number of hydrogen-bond donors (Lipinski definition) is 1. The Morgan fingerprint density at radius 3 is 3.12 bits per heavy atom. The Labute approximate surface area is 47.1 Å². The van der Waals surface area contributed by atoms with Crippen LogP contribution in [0.25, 0.3) is 0 Å². The first-order chi connectivity index (χ1) is 3.93. The zero-order valence-corrected chi connectivity index (χ0v) is 4.29. The molecule has 1 rings (SSSR count). The van der Waals surface area contributed by atoms with Crippen molar-refractivity contribution >= 4 is 12.5 Å². The second-order valence-electron chi connectivity index (χ2n) is 1.44. The lowest BCUT2D eigenvalue weighted by atomic mass is 10.3. The van der Waals surface area contributed by atoms with Crippen molar-refractivity contribution in [3.63, 3.8) is 0 Å². The molecule has 0 spiro atoms. The first-order valence-corrected chi connectivity index (χ1v) is 2.32. The van der Waals surface area contributed by atoms with Gasteiger partial charge in [-0.15, -0.1) is 0 Å². The number of aliphatic imine (C=N–C) groups is 1. The van der Waals surface area contributed by atoms with Crippen LogP contribution < -0.4 is 5.32 Å². The molecule has 0 radical (unpaired) electrons. The van der Waals surface area contributed by atoms with Crippen molar-refractivity contribution in [2.24, 2.45) is 4.99 Å². The standard InChI is InChI=1S/C5H6N2O/c8-3-5-1-6-4-7-2-5/h1-3,6H,4H2. The minimum Gasteiger partial charge on any atom is -0.372 e. The number of nitrogens with one attached hydrogen (secondary N) is 1. The van der Waals surface area contributed by atoms with Gasteiger partial charge in [-0.05, 0) is 0 Å². The molecular weight excluding hydrogens is 104 g/mol. The summed E-state index contributed by atoms with van der Waals surface area (Å²) >= 11 is 0. The molecule has 0 aliphatic carbocycles. The van der Waals surface area contributed by atoms with Crippen molar-refractivity contribution in [3.05, 3.63) is 11.8 Å². The average molecular weight is 110 g/mol. The summed E-state index contributed by atoms with van der Waals surface area (Å²) in [5.74, 6) is 0. The predicted molar refractivity (Wildman–Crippen MR) is 30.6 cm³/mol. The van der Waals surface area contributed by atoms with Crippen LogP contribution in [-0.4, -0.2) is 19.2 Å². The van der Waals surface area contributed by atoms with E-state index in [4.69, 9.17) is 0 Å². The summed E-state index contributed by atoms with van der Waals surface area (Å²) in [7, 11) is 0.